The molecule has 0 unspecified atom stereocenters. The Kier molecular flexibility index (Phi) is 6.78. The Labute approximate surface area is 166 Å². The second-order valence-electron chi connectivity index (χ2n) is 6.51. The van der Waals surface area contributed by atoms with Gasteiger partial charge < -0.3 is 25.0 Å². The molecule has 0 bridgehead atoms. The maximum absolute atomic E-state index is 5.36. The highest BCUT2D eigenvalue weighted by Gasteiger charge is 2.08. The van der Waals surface area contributed by atoms with Gasteiger partial charge in [0.2, 0.25) is 0 Å². The standard InChI is InChI=1S/C22H28N4O2/c1-23-22(25-16-18-9-10-20(27-2)21(14-18)28-3)24-15-17-7-6-8-19(13-17)26-11-4-5-12-26/h4-10,13-14H,11-12,15-16H2,1-3H3,(H2,23,24,25). The fourth-order valence-corrected chi connectivity index (χ4v) is 3.13. The topological polar surface area (TPSA) is 58.1 Å². The van der Waals surface area contributed by atoms with E-state index in [2.05, 4.69) is 56.9 Å². The van der Waals surface area contributed by atoms with E-state index in [-0.39, 0.29) is 0 Å². The molecule has 6 heteroatoms. The molecule has 1 aliphatic heterocycles. The maximum atomic E-state index is 5.36. The largest absolute Gasteiger partial charge is 0.493 e. The number of anilines is 1. The van der Waals surface area contributed by atoms with Crippen LogP contribution in [0.15, 0.2) is 59.6 Å². The van der Waals surface area contributed by atoms with Gasteiger partial charge in [0.15, 0.2) is 17.5 Å². The number of nitrogens with zero attached hydrogens (tertiary/aromatic N) is 2. The van der Waals surface area contributed by atoms with E-state index in [9.17, 15) is 0 Å². The molecule has 3 rings (SSSR count). The van der Waals surface area contributed by atoms with Gasteiger partial charge in [0.25, 0.3) is 0 Å². The first-order chi connectivity index (χ1) is 13.7. The quantitative estimate of drug-likeness (QED) is 0.439. The average Bonchev–Trinajstić information content (AvgIpc) is 3.29. The van der Waals surface area contributed by atoms with E-state index in [1.165, 1.54) is 11.3 Å². The van der Waals surface area contributed by atoms with E-state index in [0.29, 0.717) is 13.1 Å². The van der Waals surface area contributed by atoms with Crippen molar-refractivity contribution in [3.63, 3.8) is 0 Å². The van der Waals surface area contributed by atoms with Crippen LogP contribution in [-0.2, 0) is 13.1 Å². The molecule has 148 valence electrons. The van der Waals surface area contributed by atoms with E-state index in [1.54, 1.807) is 21.3 Å². The van der Waals surface area contributed by atoms with Gasteiger partial charge in [-0.15, -0.1) is 0 Å². The molecule has 0 saturated heterocycles. The third kappa shape index (κ3) is 4.97. The lowest BCUT2D eigenvalue weighted by Crippen LogP contribution is -2.36. The van der Waals surface area contributed by atoms with Crippen molar-refractivity contribution in [2.45, 2.75) is 13.1 Å². The number of hydrogen-bond acceptors (Lipinski definition) is 4. The van der Waals surface area contributed by atoms with Gasteiger partial charge in [-0.25, -0.2) is 0 Å². The number of rotatable bonds is 7. The minimum Gasteiger partial charge on any atom is -0.493 e. The summed E-state index contributed by atoms with van der Waals surface area (Å²) in [4.78, 5) is 6.65. The van der Waals surface area contributed by atoms with Crippen molar-refractivity contribution < 1.29 is 9.47 Å². The molecule has 0 fully saturated rings. The Morgan fingerprint density at radius 3 is 2.25 bits per heavy atom. The number of ether oxygens (including phenoxy) is 2. The minimum atomic E-state index is 0.638. The van der Waals surface area contributed by atoms with Gasteiger partial charge in [0.05, 0.1) is 14.2 Å². The van der Waals surface area contributed by atoms with Crippen LogP contribution < -0.4 is 25.0 Å². The van der Waals surface area contributed by atoms with Crippen LogP contribution >= 0.6 is 0 Å². The summed E-state index contributed by atoms with van der Waals surface area (Å²) < 4.78 is 10.6. The minimum absolute atomic E-state index is 0.638. The molecule has 1 aliphatic rings. The van der Waals surface area contributed by atoms with Gasteiger partial charge in [-0.3, -0.25) is 4.99 Å². The molecule has 2 aromatic carbocycles. The van der Waals surface area contributed by atoms with Gasteiger partial charge >= 0.3 is 0 Å². The Morgan fingerprint density at radius 1 is 0.929 bits per heavy atom. The summed E-state index contributed by atoms with van der Waals surface area (Å²) in [5.41, 5.74) is 3.56. The lowest BCUT2D eigenvalue weighted by atomic mass is 10.2. The second kappa shape index (κ2) is 9.69. The van der Waals surface area contributed by atoms with E-state index in [1.807, 2.05) is 18.2 Å². The third-order valence-electron chi connectivity index (χ3n) is 4.69. The van der Waals surface area contributed by atoms with E-state index in [0.717, 1.165) is 36.1 Å². The van der Waals surface area contributed by atoms with Gasteiger partial charge in [0, 0.05) is 38.9 Å². The van der Waals surface area contributed by atoms with Crippen LogP contribution in [0.2, 0.25) is 0 Å². The fourth-order valence-electron chi connectivity index (χ4n) is 3.13. The number of nitrogens with one attached hydrogen (secondary N) is 2. The first kappa shape index (κ1) is 19.6. The molecule has 0 spiro atoms. The maximum Gasteiger partial charge on any atom is 0.191 e. The first-order valence-electron chi connectivity index (χ1n) is 9.38. The molecule has 0 atom stereocenters. The van der Waals surface area contributed by atoms with Gasteiger partial charge in [-0.2, -0.15) is 0 Å². The molecule has 28 heavy (non-hydrogen) atoms. The fraction of sp³-hybridized carbons (Fsp3) is 0.318. The summed E-state index contributed by atoms with van der Waals surface area (Å²) in [6.45, 7) is 3.30. The molecule has 0 saturated carbocycles. The van der Waals surface area contributed by atoms with Crippen molar-refractivity contribution in [2.75, 3.05) is 39.3 Å². The number of aliphatic imine (C=N–C) groups is 1. The van der Waals surface area contributed by atoms with Crippen molar-refractivity contribution in [1.29, 1.82) is 0 Å². The summed E-state index contributed by atoms with van der Waals surface area (Å²) in [6.07, 6.45) is 4.40. The van der Waals surface area contributed by atoms with E-state index in [4.69, 9.17) is 9.47 Å². The number of guanidine groups is 1. The van der Waals surface area contributed by atoms with Crippen LogP contribution in [0.4, 0.5) is 5.69 Å². The molecule has 0 aromatic heterocycles. The Hall–Kier alpha value is -3.15. The molecular weight excluding hydrogens is 352 g/mol. The number of benzene rings is 2. The Balaban J connectivity index is 1.54. The third-order valence-corrected chi connectivity index (χ3v) is 4.69. The lowest BCUT2D eigenvalue weighted by Gasteiger charge is -2.19. The zero-order valence-corrected chi connectivity index (χ0v) is 16.7. The van der Waals surface area contributed by atoms with Crippen molar-refractivity contribution in [3.05, 3.63) is 65.7 Å². The molecular formula is C22H28N4O2. The summed E-state index contributed by atoms with van der Waals surface area (Å²) in [5.74, 6) is 2.20. The van der Waals surface area contributed by atoms with Gasteiger partial charge in [-0.1, -0.05) is 30.4 Å². The van der Waals surface area contributed by atoms with Crippen LogP contribution in [0.3, 0.4) is 0 Å². The normalized spacial score (nSPS) is 13.5. The summed E-state index contributed by atoms with van der Waals surface area (Å²) in [6, 6.07) is 14.5. The van der Waals surface area contributed by atoms with E-state index < -0.39 is 0 Å². The highest BCUT2D eigenvalue weighted by molar-refractivity contribution is 5.79. The van der Waals surface area contributed by atoms with Crippen LogP contribution in [0.5, 0.6) is 11.5 Å². The molecule has 2 aromatic rings. The zero-order chi connectivity index (χ0) is 19.8. The van der Waals surface area contributed by atoms with E-state index >= 15 is 0 Å². The first-order valence-corrected chi connectivity index (χ1v) is 9.38. The highest BCUT2D eigenvalue weighted by Crippen LogP contribution is 2.27. The number of methoxy groups -OCH3 is 2. The highest BCUT2D eigenvalue weighted by atomic mass is 16.5. The molecule has 0 amide bonds. The molecule has 2 N–H and O–H groups in total. The second-order valence-corrected chi connectivity index (χ2v) is 6.51. The number of hydrogen-bond donors (Lipinski definition) is 2. The molecule has 6 nitrogen and oxygen atoms in total. The van der Waals surface area contributed by atoms with Crippen molar-refractivity contribution >= 4 is 11.6 Å². The predicted octanol–water partition coefficient (Wildman–Crippen LogP) is 2.95. The average molecular weight is 380 g/mol. The van der Waals surface area contributed by atoms with Crippen LogP contribution in [-0.4, -0.2) is 40.3 Å². The molecule has 1 heterocycles. The summed E-state index contributed by atoms with van der Waals surface area (Å²) in [7, 11) is 5.05. The van der Waals surface area contributed by atoms with Crippen molar-refractivity contribution in [3.8, 4) is 11.5 Å². The van der Waals surface area contributed by atoms with Gasteiger partial charge in [0.1, 0.15) is 0 Å². The summed E-state index contributed by atoms with van der Waals surface area (Å²) >= 11 is 0. The monoisotopic (exact) mass is 380 g/mol. The lowest BCUT2D eigenvalue weighted by molar-refractivity contribution is 0.354. The molecule has 0 radical (unpaired) electrons. The van der Waals surface area contributed by atoms with Crippen molar-refractivity contribution in [2.24, 2.45) is 4.99 Å². The van der Waals surface area contributed by atoms with Gasteiger partial charge in [-0.05, 0) is 35.4 Å². The summed E-state index contributed by atoms with van der Waals surface area (Å²) in [5, 5.41) is 6.71. The Morgan fingerprint density at radius 2 is 1.61 bits per heavy atom. The molecule has 0 aliphatic carbocycles. The van der Waals surface area contributed by atoms with Crippen LogP contribution in [0, 0.1) is 0 Å². The Bertz CT molecular complexity index is 840. The predicted molar refractivity (Wildman–Crippen MR) is 114 cm³/mol. The van der Waals surface area contributed by atoms with Crippen LogP contribution in [0.1, 0.15) is 11.1 Å². The SMILES string of the molecule is CN=C(NCc1cccc(N2CC=CC2)c1)NCc1ccc(OC)c(OC)c1. The van der Waals surface area contributed by atoms with Crippen LogP contribution in [0.25, 0.3) is 0 Å². The smallest absolute Gasteiger partial charge is 0.191 e. The zero-order valence-electron chi connectivity index (χ0n) is 16.7. The van der Waals surface area contributed by atoms with Crippen molar-refractivity contribution in [1.82, 2.24) is 10.6 Å².